The zero-order valence-electron chi connectivity index (χ0n) is 8.68. The van der Waals surface area contributed by atoms with E-state index in [1.807, 2.05) is 6.26 Å². The Morgan fingerprint density at radius 3 is 2.53 bits per heavy atom. The van der Waals surface area contributed by atoms with Crippen LogP contribution >= 0.6 is 11.8 Å². The smallest absolute Gasteiger partial charge is 0.224 e. The van der Waals surface area contributed by atoms with Gasteiger partial charge in [-0.1, -0.05) is 11.8 Å². The van der Waals surface area contributed by atoms with Crippen LogP contribution in [0.5, 0.6) is 0 Å². The summed E-state index contributed by atoms with van der Waals surface area (Å²) in [6.07, 6.45) is 5.89. The highest BCUT2D eigenvalue weighted by atomic mass is 32.2. The molecule has 5 heteroatoms. The van der Waals surface area contributed by atoms with E-state index in [-0.39, 0.29) is 0 Å². The first-order chi connectivity index (χ1) is 7.26. The number of nitrogens with two attached hydrogens (primary N) is 1. The predicted molar refractivity (Wildman–Crippen MR) is 59.6 cm³/mol. The Bertz CT molecular complexity index is 385. The minimum atomic E-state index is 0.366. The fraction of sp³-hybridized carbons (Fsp3) is 0.700. The molecule has 0 bridgehead atoms. The average Bonchev–Trinajstić information content (AvgIpc) is 2.85. The van der Waals surface area contributed by atoms with E-state index in [1.165, 1.54) is 31.0 Å². The minimum Gasteiger partial charge on any atom is -0.368 e. The molecule has 2 fully saturated rings. The molecule has 2 atom stereocenters. The standard InChI is InChI=1S/C10H14N4S/c1-15-10-13-8(12-9(11)14-10)7-3-5-2-6(5)4-7/h5-7H,2-4H2,1H3,(H2,11,12,13,14). The van der Waals surface area contributed by atoms with Gasteiger partial charge >= 0.3 is 0 Å². The molecule has 0 saturated heterocycles. The molecule has 4 nitrogen and oxygen atoms in total. The van der Waals surface area contributed by atoms with Crippen molar-refractivity contribution >= 4 is 17.7 Å². The van der Waals surface area contributed by atoms with Gasteiger partial charge in [-0.25, -0.2) is 4.98 Å². The van der Waals surface area contributed by atoms with Crippen molar-refractivity contribution in [2.75, 3.05) is 12.0 Å². The second kappa shape index (κ2) is 3.33. The van der Waals surface area contributed by atoms with Gasteiger partial charge in [-0.2, -0.15) is 9.97 Å². The second-order valence-electron chi connectivity index (χ2n) is 4.46. The van der Waals surface area contributed by atoms with E-state index in [0.29, 0.717) is 11.9 Å². The van der Waals surface area contributed by atoms with Crippen molar-refractivity contribution in [2.24, 2.45) is 11.8 Å². The summed E-state index contributed by atoms with van der Waals surface area (Å²) in [7, 11) is 0. The van der Waals surface area contributed by atoms with E-state index in [4.69, 9.17) is 5.73 Å². The van der Waals surface area contributed by atoms with Crippen molar-refractivity contribution in [3.63, 3.8) is 0 Å². The molecule has 2 aliphatic carbocycles. The first kappa shape index (κ1) is 9.39. The Balaban J connectivity index is 1.87. The number of nitrogens with zero attached hydrogens (tertiary/aromatic N) is 3. The molecule has 0 amide bonds. The number of aromatic nitrogens is 3. The Labute approximate surface area is 93.1 Å². The summed E-state index contributed by atoms with van der Waals surface area (Å²) in [6.45, 7) is 0. The van der Waals surface area contributed by atoms with Crippen molar-refractivity contribution in [1.82, 2.24) is 15.0 Å². The SMILES string of the molecule is CSc1nc(N)nc(C2CC3CC3C2)n1. The molecule has 0 spiro atoms. The lowest BCUT2D eigenvalue weighted by Gasteiger charge is -2.10. The van der Waals surface area contributed by atoms with Crippen molar-refractivity contribution < 1.29 is 0 Å². The van der Waals surface area contributed by atoms with Gasteiger partial charge in [0.1, 0.15) is 5.82 Å². The molecule has 0 aromatic carbocycles. The highest BCUT2D eigenvalue weighted by Gasteiger charge is 2.47. The maximum Gasteiger partial charge on any atom is 0.224 e. The molecule has 2 unspecified atom stereocenters. The van der Waals surface area contributed by atoms with E-state index in [0.717, 1.165) is 22.8 Å². The molecule has 80 valence electrons. The predicted octanol–water partition coefficient (Wildman–Crippen LogP) is 1.69. The second-order valence-corrected chi connectivity index (χ2v) is 5.24. The lowest BCUT2D eigenvalue weighted by atomic mass is 10.0. The van der Waals surface area contributed by atoms with Gasteiger partial charge in [0, 0.05) is 5.92 Å². The Kier molecular flexibility index (Phi) is 2.09. The number of rotatable bonds is 2. The number of hydrogen-bond donors (Lipinski definition) is 1. The normalized spacial score (nSPS) is 32.7. The van der Waals surface area contributed by atoms with Crippen LogP contribution in [0.3, 0.4) is 0 Å². The highest BCUT2D eigenvalue weighted by Crippen LogP contribution is 2.56. The van der Waals surface area contributed by atoms with E-state index in [1.54, 1.807) is 0 Å². The number of fused-ring (bicyclic) bond motifs is 1. The molecular weight excluding hydrogens is 208 g/mol. The van der Waals surface area contributed by atoms with Gasteiger partial charge < -0.3 is 5.73 Å². The van der Waals surface area contributed by atoms with Gasteiger partial charge in [-0.3, -0.25) is 0 Å². The first-order valence-electron chi connectivity index (χ1n) is 5.31. The van der Waals surface area contributed by atoms with E-state index < -0.39 is 0 Å². The van der Waals surface area contributed by atoms with Crippen LogP contribution < -0.4 is 5.73 Å². The van der Waals surface area contributed by atoms with Crippen molar-refractivity contribution in [3.05, 3.63) is 5.82 Å². The Hall–Kier alpha value is -0.840. The van der Waals surface area contributed by atoms with Gasteiger partial charge in [0.2, 0.25) is 5.95 Å². The molecule has 1 heterocycles. The first-order valence-corrected chi connectivity index (χ1v) is 6.54. The summed E-state index contributed by atoms with van der Waals surface area (Å²) in [4.78, 5) is 12.8. The van der Waals surface area contributed by atoms with Crippen LogP contribution in [0.1, 0.15) is 31.0 Å². The number of hydrogen-bond acceptors (Lipinski definition) is 5. The van der Waals surface area contributed by atoms with Crippen molar-refractivity contribution in [3.8, 4) is 0 Å². The van der Waals surface area contributed by atoms with Gasteiger partial charge in [0.05, 0.1) is 0 Å². The van der Waals surface area contributed by atoms with Crippen LogP contribution in [0.25, 0.3) is 0 Å². The van der Waals surface area contributed by atoms with Gasteiger partial charge in [-0.15, -0.1) is 0 Å². The van der Waals surface area contributed by atoms with Crippen LogP contribution in [0.15, 0.2) is 5.16 Å². The molecular formula is C10H14N4S. The summed E-state index contributed by atoms with van der Waals surface area (Å²) in [5.74, 6) is 3.71. The topological polar surface area (TPSA) is 64.7 Å². The Morgan fingerprint density at radius 1 is 1.13 bits per heavy atom. The van der Waals surface area contributed by atoms with Crippen LogP contribution in [0.4, 0.5) is 5.95 Å². The summed E-state index contributed by atoms with van der Waals surface area (Å²) in [5, 5.41) is 0.748. The largest absolute Gasteiger partial charge is 0.368 e. The molecule has 15 heavy (non-hydrogen) atoms. The van der Waals surface area contributed by atoms with Crippen LogP contribution in [0, 0.1) is 11.8 Å². The fourth-order valence-electron chi connectivity index (χ4n) is 2.59. The van der Waals surface area contributed by atoms with Crippen LogP contribution in [0.2, 0.25) is 0 Å². The molecule has 1 aromatic rings. The van der Waals surface area contributed by atoms with E-state index in [2.05, 4.69) is 15.0 Å². The minimum absolute atomic E-state index is 0.366. The molecule has 2 N–H and O–H groups in total. The summed E-state index contributed by atoms with van der Waals surface area (Å²) < 4.78 is 0. The lowest BCUT2D eigenvalue weighted by molar-refractivity contribution is 0.578. The zero-order valence-corrected chi connectivity index (χ0v) is 9.50. The summed E-state index contributed by atoms with van der Waals surface area (Å²) >= 11 is 1.53. The third-order valence-electron chi connectivity index (χ3n) is 3.44. The van der Waals surface area contributed by atoms with Crippen molar-refractivity contribution in [1.29, 1.82) is 0 Å². The van der Waals surface area contributed by atoms with Gasteiger partial charge in [-0.05, 0) is 37.4 Å². The van der Waals surface area contributed by atoms with E-state index in [9.17, 15) is 0 Å². The monoisotopic (exact) mass is 222 g/mol. The van der Waals surface area contributed by atoms with Crippen LogP contribution in [-0.2, 0) is 0 Å². The van der Waals surface area contributed by atoms with Gasteiger partial charge in [0.25, 0.3) is 0 Å². The number of nitrogen functional groups attached to an aromatic ring is 1. The molecule has 0 aliphatic heterocycles. The summed E-state index contributed by atoms with van der Waals surface area (Å²) in [6, 6.07) is 0. The zero-order chi connectivity index (χ0) is 10.4. The molecule has 0 radical (unpaired) electrons. The maximum atomic E-state index is 5.67. The average molecular weight is 222 g/mol. The third-order valence-corrected chi connectivity index (χ3v) is 3.99. The number of anilines is 1. The van der Waals surface area contributed by atoms with Gasteiger partial charge in [0.15, 0.2) is 5.16 Å². The quantitative estimate of drug-likeness (QED) is 0.771. The van der Waals surface area contributed by atoms with Crippen molar-refractivity contribution in [2.45, 2.75) is 30.3 Å². The lowest BCUT2D eigenvalue weighted by Crippen LogP contribution is -2.08. The Morgan fingerprint density at radius 2 is 1.87 bits per heavy atom. The number of thioether (sulfide) groups is 1. The van der Waals surface area contributed by atoms with E-state index >= 15 is 0 Å². The molecule has 1 aromatic heterocycles. The summed E-state index contributed by atoms with van der Waals surface area (Å²) in [5.41, 5.74) is 5.67. The van der Waals surface area contributed by atoms with Crippen LogP contribution in [-0.4, -0.2) is 21.2 Å². The highest BCUT2D eigenvalue weighted by molar-refractivity contribution is 7.98. The molecule has 2 saturated carbocycles. The fourth-order valence-corrected chi connectivity index (χ4v) is 2.96. The molecule has 3 rings (SSSR count). The third kappa shape index (κ3) is 1.69. The maximum absolute atomic E-state index is 5.67. The molecule has 2 aliphatic rings.